The molecule has 244 valence electrons. The number of esters is 1. The van der Waals surface area contributed by atoms with Crippen LogP contribution in [0.4, 0.5) is 5.82 Å². The van der Waals surface area contributed by atoms with Crippen LogP contribution in [0.1, 0.15) is 47.8 Å². The van der Waals surface area contributed by atoms with Crippen LogP contribution in [-0.4, -0.2) is 38.7 Å². The number of imidazole rings is 1. The molecule has 1 amide bonds. The number of fused-ring (bicyclic) bond motifs is 2. The van der Waals surface area contributed by atoms with Crippen LogP contribution in [-0.2, 0) is 37.9 Å². The van der Waals surface area contributed by atoms with Gasteiger partial charge in [0, 0.05) is 36.4 Å². The van der Waals surface area contributed by atoms with E-state index >= 15 is 0 Å². The molecule has 0 unspecified atom stereocenters. The van der Waals surface area contributed by atoms with Crippen LogP contribution in [0.15, 0.2) is 139 Å². The second-order valence-corrected chi connectivity index (χ2v) is 11.8. The predicted molar refractivity (Wildman–Crippen MR) is 188 cm³/mol. The van der Waals surface area contributed by atoms with Crippen molar-refractivity contribution in [3.63, 3.8) is 0 Å². The minimum Gasteiger partial charge on any atom is -0.466 e. The topological polar surface area (TPSA) is 98.9 Å². The third-order valence-electron chi connectivity index (χ3n) is 8.67. The lowest BCUT2D eigenvalue weighted by Crippen LogP contribution is -2.34. The van der Waals surface area contributed by atoms with Crippen LogP contribution in [0.5, 0.6) is 0 Å². The van der Waals surface area contributed by atoms with Crippen molar-refractivity contribution in [2.45, 2.75) is 38.5 Å². The average molecular weight is 650 g/mol. The van der Waals surface area contributed by atoms with Gasteiger partial charge in [0.2, 0.25) is 5.60 Å². The highest BCUT2D eigenvalue weighted by atomic mass is 16.7. The molecule has 4 aromatic carbocycles. The van der Waals surface area contributed by atoms with Crippen molar-refractivity contribution in [3.05, 3.63) is 162 Å². The highest BCUT2D eigenvalue weighted by Gasteiger charge is 2.42. The number of carbonyl (C=O) groups excluding carboxylic acids is 2. The van der Waals surface area contributed by atoms with Gasteiger partial charge >= 0.3 is 5.97 Å². The summed E-state index contributed by atoms with van der Waals surface area (Å²) >= 11 is 0. The molecule has 0 fully saturated rings. The summed E-state index contributed by atoms with van der Waals surface area (Å²) in [5.41, 5.74) is 4.01. The molecule has 2 aromatic heterocycles. The Morgan fingerprint density at radius 1 is 0.776 bits per heavy atom. The summed E-state index contributed by atoms with van der Waals surface area (Å²) < 4.78 is 7.25. The summed E-state index contributed by atoms with van der Waals surface area (Å²) in [4.78, 5) is 43.5. The van der Waals surface area contributed by atoms with Gasteiger partial charge in [-0.1, -0.05) is 108 Å². The molecular weight excluding hydrogens is 614 g/mol. The van der Waals surface area contributed by atoms with Gasteiger partial charge in [0.25, 0.3) is 5.91 Å². The molecule has 9 heteroatoms. The summed E-state index contributed by atoms with van der Waals surface area (Å²) in [5, 5.41) is 4.71. The van der Waals surface area contributed by atoms with Crippen molar-refractivity contribution in [3.8, 4) is 0 Å². The van der Waals surface area contributed by atoms with E-state index in [1.807, 2.05) is 121 Å². The number of anilines is 1. The van der Waals surface area contributed by atoms with Gasteiger partial charge in [-0.05, 0) is 37.1 Å². The Balaban J connectivity index is 1.26. The van der Waals surface area contributed by atoms with Crippen LogP contribution in [0, 0.1) is 0 Å². The molecule has 1 aliphatic heterocycles. The van der Waals surface area contributed by atoms with E-state index in [1.165, 1.54) is 6.92 Å². The molecule has 6 aromatic rings. The van der Waals surface area contributed by atoms with E-state index in [-0.39, 0.29) is 24.1 Å². The number of carbonyl (C=O) groups is 2. The first kappa shape index (κ1) is 31.5. The van der Waals surface area contributed by atoms with Crippen molar-refractivity contribution in [1.29, 1.82) is 0 Å². The number of nitrogens with zero attached hydrogens (tertiary/aromatic N) is 5. The van der Waals surface area contributed by atoms with Gasteiger partial charge in [-0.25, -0.2) is 9.97 Å². The van der Waals surface area contributed by atoms with Gasteiger partial charge in [-0.2, -0.15) is 0 Å². The van der Waals surface area contributed by atoms with Gasteiger partial charge in [0.1, 0.15) is 11.6 Å². The van der Waals surface area contributed by atoms with E-state index in [0.29, 0.717) is 36.8 Å². The second kappa shape index (κ2) is 13.9. The standard InChI is InChI=1S/C40H35N5O4/c1-29(46)48-27-14-13-26-44-35-24-12-11-23-34(35)42-36(44)28-45-38-33(22-15-25-41-38)37(39(45)47)43-49-40(30-16-5-2-6-17-30,31-18-7-3-8-19-31)32-20-9-4-10-21-32/h2-12,15-25H,13-14,26-28H2,1H3. The third-order valence-corrected chi connectivity index (χ3v) is 8.67. The lowest BCUT2D eigenvalue weighted by atomic mass is 9.80. The van der Waals surface area contributed by atoms with Crippen molar-refractivity contribution in [2.24, 2.45) is 5.16 Å². The van der Waals surface area contributed by atoms with Crippen LogP contribution >= 0.6 is 0 Å². The number of rotatable bonds is 12. The number of hydrogen-bond acceptors (Lipinski definition) is 7. The lowest BCUT2D eigenvalue weighted by molar-refractivity contribution is -0.141. The Hall–Kier alpha value is -6.09. The molecule has 0 saturated heterocycles. The largest absolute Gasteiger partial charge is 0.466 e. The van der Waals surface area contributed by atoms with Gasteiger partial charge < -0.3 is 14.1 Å². The number of ether oxygens (including phenoxy) is 1. The van der Waals surface area contributed by atoms with Gasteiger partial charge in [0.05, 0.1) is 29.7 Å². The average Bonchev–Trinajstić information content (AvgIpc) is 3.63. The molecule has 0 radical (unpaired) electrons. The van der Waals surface area contributed by atoms with Crippen LogP contribution in [0.3, 0.4) is 0 Å². The van der Waals surface area contributed by atoms with Gasteiger partial charge in [-0.3, -0.25) is 14.5 Å². The monoisotopic (exact) mass is 649 g/mol. The molecule has 1 aliphatic rings. The number of pyridine rings is 1. The number of oxime groups is 1. The van der Waals surface area contributed by atoms with Gasteiger partial charge in [-0.15, -0.1) is 0 Å². The second-order valence-electron chi connectivity index (χ2n) is 11.8. The van der Waals surface area contributed by atoms with E-state index in [0.717, 1.165) is 34.1 Å². The van der Waals surface area contributed by atoms with Crippen molar-refractivity contribution in [1.82, 2.24) is 14.5 Å². The third kappa shape index (κ3) is 6.18. The Morgan fingerprint density at radius 2 is 1.39 bits per heavy atom. The first-order chi connectivity index (χ1) is 24.1. The molecular formula is C40H35N5O4. The van der Waals surface area contributed by atoms with E-state index in [1.54, 1.807) is 17.2 Å². The Bertz CT molecular complexity index is 2020. The molecule has 49 heavy (non-hydrogen) atoms. The summed E-state index contributed by atoms with van der Waals surface area (Å²) in [6, 6.07) is 41.3. The number of aromatic nitrogens is 3. The molecule has 3 heterocycles. The number of benzene rings is 4. The maximum absolute atomic E-state index is 14.4. The molecule has 0 aliphatic carbocycles. The Labute approximate surface area is 284 Å². The minimum absolute atomic E-state index is 0.166. The molecule has 0 bridgehead atoms. The molecule has 0 saturated carbocycles. The van der Waals surface area contributed by atoms with Crippen LogP contribution < -0.4 is 4.90 Å². The first-order valence-electron chi connectivity index (χ1n) is 16.3. The number of aryl methyl sites for hydroxylation is 1. The zero-order valence-electron chi connectivity index (χ0n) is 27.1. The summed E-state index contributed by atoms with van der Waals surface area (Å²) in [7, 11) is 0. The maximum Gasteiger partial charge on any atom is 0.302 e. The maximum atomic E-state index is 14.4. The molecule has 0 atom stereocenters. The predicted octanol–water partition coefficient (Wildman–Crippen LogP) is 7.03. The number of para-hydroxylation sites is 2. The highest BCUT2D eigenvalue weighted by Crippen LogP contribution is 2.41. The first-order valence-corrected chi connectivity index (χ1v) is 16.3. The summed E-state index contributed by atoms with van der Waals surface area (Å²) in [6.07, 6.45) is 3.15. The van der Waals surface area contributed by atoms with E-state index in [9.17, 15) is 9.59 Å². The van der Waals surface area contributed by atoms with Crippen LogP contribution in [0.25, 0.3) is 11.0 Å². The zero-order chi connectivity index (χ0) is 33.6. The van der Waals surface area contributed by atoms with E-state index in [2.05, 4.69) is 9.55 Å². The zero-order valence-corrected chi connectivity index (χ0v) is 27.1. The highest BCUT2D eigenvalue weighted by molar-refractivity contribution is 6.53. The fraction of sp³-hybridized carbons (Fsp3) is 0.175. The minimum atomic E-state index is -1.15. The quantitative estimate of drug-likeness (QED) is 0.0611. The Kier molecular flexibility index (Phi) is 8.97. The van der Waals surface area contributed by atoms with Crippen molar-refractivity contribution >= 4 is 34.4 Å². The number of hydrogen-bond donors (Lipinski definition) is 0. The lowest BCUT2D eigenvalue weighted by Gasteiger charge is -2.33. The number of unbranched alkanes of at least 4 members (excludes halogenated alkanes) is 1. The van der Waals surface area contributed by atoms with E-state index in [4.69, 9.17) is 19.7 Å². The van der Waals surface area contributed by atoms with Crippen molar-refractivity contribution in [2.75, 3.05) is 11.5 Å². The summed E-state index contributed by atoms with van der Waals surface area (Å²) in [6.45, 7) is 2.59. The molecule has 0 spiro atoms. The molecule has 7 rings (SSSR count). The Morgan fingerprint density at radius 3 is 2.02 bits per heavy atom. The smallest absolute Gasteiger partial charge is 0.302 e. The fourth-order valence-corrected chi connectivity index (χ4v) is 6.39. The molecule has 0 N–H and O–H groups in total. The van der Waals surface area contributed by atoms with Crippen LogP contribution in [0.2, 0.25) is 0 Å². The fourth-order valence-electron chi connectivity index (χ4n) is 6.39. The SMILES string of the molecule is CC(=O)OCCCCn1c(CN2C(=O)C(=NOC(c3ccccc3)(c3ccccc3)c3ccccc3)c3cccnc32)nc2ccccc21. The van der Waals surface area contributed by atoms with Crippen molar-refractivity contribution < 1.29 is 19.2 Å². The van der Waals surface area contributed by atoms with E-state index < -0.39 is 5.60 Å². The molecule has 9 nitrogen and oxygen atoms in total. The number of amides is 1. The van der Waals surface area contributed by atoms with Gasteiger partial charge in [0.15, 0.2) is 5.71 Å². The normalized spacial score (nSPS) is 13.5. The summed E-state index contributed by atoms with van der Waals surface area (Å²) in [5.74, 6) is 0.591.